The first-order chi connectivity index (χ1) is 8.52. The number of rotatable bonds is 3. The molecule has 0 amide bonds. The standard InChI is InChI=1S/C13H14N2O3/c1-8(2)11(13(17)18)15-7-14-10-6-4-3-5-9(10)12(15)16/h3-8,11H,1-2H3,(H,17,18). The number of aromatic nitrogens is 2. The molecule has 1 atom stereocenters. The van der Waals surface area contributed by atoms with Crippen LogP contribution in [0, 0.1) is 5.92 Å². The lowest BCUT2D eigenvalue weighted by Crippen LogP contribution is -2.33. The fourth-order valence-electron chi connectivity index (χ4n) is 2.01. The summed E-state index contributed by atoms with van der Waals surface area (Å²) in [5.41, 5.74) is 0.258. The highest BCUT2D eigenvalue weighted by atomic mass is 16.4. The zero-order valence-corrected chi connectivity index (χ0v) is 10.2. The highest BCUT2D eigenvalue weighted by Gasteiger charge is 2.25. The maximum absolute atomic E-state index is 12.2. The van der Waals surface area contributed by atoms with Gasteiger partial charge in [0.2, 0.25) is 0 Å². The van der Waals surface area contributed by atoms with Crippen molar-refractivity contribution < 1.29 is 9.90 Å². The monoisotopic (exact) mass is 246 g/mol. The van der Waals surface area contributed by atoms with E-state index in [1.165, 1.54) is 10.9 Å². The highest BCUT2D eigenvalue weighted by molar-refractivity contribution is 5.78. The second-order valence-electron chi connectivity index (χ2n) is 4.50. The van der Waals surface area contributed by atoms with E-state index in [2.05, 4.69) is 4.98 Å². The number of fused-ring (bicyclic) bond motifs is 1. The van der Waals surface area contributed by atoms with Crippen LogP contribution >= 0.6 is 0 Å². The molecule has 0 aliphatic carbocycles. The van der Waals surface area contributed by atoms with Crippen LogP contribution in [-0.2, 0) is 4.79 Å². The SMILES string of the molecule is CC(C)C(C(=O)O)n1cnc2ccccc2c1=O. The van der Waals surface area contributed by atoms with Crippen molar-refractivity contribution in [3.63, 3.8) is 0 Å². The first-order valence-electron chi connectivity index (χ1n) is 5.71. The predicted molar refractivity (Wildman–Crippen MR) is 67.5 cm³/mol. The van der Waals surface area contributed by atoms with Crippen LogP contribution in [0.15, 0.2) is 35.4 Å². The molecular weight excluding hydrogens is 232 g/mol. The van der Waals surface area contributed by atoms with E-state index >= 15 is 0 Å². The quantitative estimate of drug-likeness (QED) is 0.894. The van der Waals surface area contributed by atoms with E-state index in [1.807, 2.05) is 0 Å². The van der Waals surface area contributed by atoms with Crippen LogP contribution < -0.4 is 5.56 Å². The summed E-state index contributed by atoms with van der Waals surface area (Å²) in [5, 5.41) is 9.64. The molecule has 1 aromatic carbocycles. The second kappa shape index (κ2) is 4.60. The molecule has 2 rings (SSSR count). The van der Waals surface area contributed by atoms with Gasteiger partial charge in [-0.2, -0.15) is 0 Å². The molecule has 94 valence electrons. The van der Waals surface area contributed by atoms with Crippen LogP contribution in [0.3, 0.4) is 0 Å². The van der Waals surface area contributed by atoms with Gasteiger partial charge in [0.05, 0.1) is 17.2 Å². The first-order valence-corrected chi connectivity index (χ1v) is 5.71. The molecule has 0 saturated carbocycles. The lowest BCUT2D eigenvalue weighted by molar-refractivity contribution is -0.142. The van der Waals surface area contributed by atoms with Gasteiger partial charge in [-0.25, -0.2) is 9.78 Å². The van der Waals surface area contributed by atoms with Crippen molar-refractivity contribution in [2.24, 2.45) is 5.92 Å². The molecule has 0 fully saturated rings. The van der Waals surface area contributed by atoms with Gasteiger partial charge < -0.3 is 5.11 Å². The molecule has 5 heteroatoms. The molecule has 0 saturated heterocycles. The van der Waals surface area contributed by atoms with Crippen LogP contribution in [-0.4, -0.2) is 20.6 Å². The molecule has 2 aromatic rings. The lowest BCUT2D eigenvalue weighted by Gasteiger charge is -2.18. The molecule has 0 spiro atoms. The number of carboxylic acids is 1. The number of nitrogens with zero attached hydrogens (tertiary/aromatic N) is 2. The Labute approximate surface area is 104 Å². The molecule has 5 nitrogen and oxygen atoms in total. The largest absolute Gasteiger partial charge is 0.480 e. The molecule has 1 N–H and O–H groups in total. The summed E-state index contributed by atoms with van der Waals surface area (Å²) in [5.74, 6) is -1.22. The summed E-state index contributed by atoms with van der Waals surface area (Å²) in [7, 11) is 0. The summed E-state index contributed by atoms with van der Waals surface area (Å²) in [4.78, 5) is 27.6. The normalized spacial score (nSPS) is 12.8. The van der Waals surface area contributed by atoms with Gasteiger partial charge >= 0.3 is 5.97 Å². The molecule has 0 bridgehead atoms. The Morgan fingerprint density at radius 3 is 2.61 bits per heavy atom. The summed E-state index contributed by atoms with van der Waals surface area (Å²) >= 11 is 0. The van der Waals surface area contributed by atoms with Crippen LogP contribution in [0.2, 0.25) is 0 Å². The maximum atomic E-state index is 12.2. The number of carbonyl (C=O) groups is 1. The van der Waals surface area contributed by atoms with Gasteiger partial charge in [-0.05, 0) is 18.1 Å². The van der Waals surface area contributed by atoms with Gasteiger partial charge in [-0.3, -0.25) is 9.36 Å². The molecule has 0 aliphatic heterocycles. The van der Waals surface area contributed by atoms with Crippen molar-refractivity contribution in [1.29, 1.82) is 0 Å². The fourth-order valence-corrected chi connectivity index (χ4v) is 2.01. The fraction of sp³-hybridized carbons (Fsp3) is 0.308. The summed E-state index contributed by atoms with van der Waals surface area (Å²) < 4.78 is 1.19. The number of aliphatic carboxylic acids is 1. The van der Waals surface area contributed by atoms with Gasteiger partial charge in [0, 0.05) is 0 Å². The van der Waals surface area contributed by atoms with Gasteiger partial charge in [0.25, 0.3) is 5.56 Å². The Morgan fingerprint density at radius 2 is 2.00 bits per heavy atom. The third-order valence-corrected chi connectivity index (χ3v) is 2.87. The minimum absolute atomic E-state index is 0.192. The molecule has 1 aromatic heterocycles. The molecule has 1 heterocycles. The Hall–Kier alpha value is -2.17. The maximum Gasteiger partial charge on any atom is 0.327 e. The van der Waals surface area contributed by atoms with E-state index in [-0.39, 0.29) is 11.5 Å². The number of carboxylic acid groups (broad SMARTS) is 1. The van der Waals surface area contributed by atoms with Crippen LogP contribution in [0.25, 0.3) is 10.9 Å². The van der Waals surface area contributed by atoms with Crippen molar-refractivity contribution in [1.82, 2.24) is 9.55 Å². The van der Waals surface area contributed by atoms with E-state index in [1.54, 1.807) is 38.1 Å². The van der Waals surface area contributed by atoms with E-state index in [9.17, 15) is 14.7 Å². The Balaban J connectivity index is 2.68. The van der Waals surface area contributed by atoms with E-state index in [0.29, 0.717) is 10.9 Å². The van der Waals surface area contributed by atoms with Crippen LogP contribution in [0.4, 0.5) is 0 Å². The van der Waals surface area contributed by atoms with Gasteiger partial charge in [0.1, 0.15) is 6.04 Å². The average molecular weight is 246 g/mol. The first kappa shape index (κ1) is 12.3. The summed E-state index contributed by atoms with van der Waals surface area (Å²) in [6, 6.07) is 6.01. The third-order valence-electron chi connectivity index (χ3n) is 2.87. The highest BCUT2D eigenvalue weighted by Crippen LogP contribution is 2.16. The third kappa shape index (κ3) is 1.99. The minimum Gasteiger partial charge on any atom is -0.480 e. The zero-order valence-electron chi connectivity index (χ0n) is 10.2. The molecule has 18 heavy (non-hydrogen) atoms. The van der Waals surface area contributed by atoms with Crippen molar-refractivity contribution in [3.8, 4) is 0 Å². The Morgan fingerprint density at radius 1 is 1.33 bits per heavy atom. The Bertz CT molecular complexity index is 646. The summed E-state index contributed by atoms with van der Waals surface area (Å²) in [6.45, 7) is 3.53. The predicted octanol–water partition coefficient (Wildman–Crippen LogP) is 1.68. The zero-order chi connectivity index (χ0) is 13.3. The van der Waals surface area contributed by atoms with Gasteiger partial charge in [-0.1, -0.05) is 26.0 Å². The molecular formula is C13H14N2O3. The minimum atomic E-state index is -1.02. The van der Waals surface area contributed by atoms with E-state index < -0.39 is 12.0 Å². The van der Waals surface area contributed by atoms with E-state index in [4.69, 9.17) is 0 Å². The van der Waals surface area contributed by atoms with Crippen molar-refractivity contribution in [2.45, 2.75) is 19.9 Å². The van der Waals surface area contributed by atoms with Crippen molar-refractivity contribution in [2.75, 3.05) is 0 Å². The average Bonchev–Trinajstić information content (AvgIpc) is 2.32. The molecule has 0 radical (unpaired) electrons. The number of hydrogen-bond acceptors (Lipinski definition) is 3. The molecule has 0 aliphatic rings. The topological polar surface area (TPSA) is 72.2 Å². The van der Waals surface area contributed by atoms with Gasteiger partial charge in [-0.15, -0.1) is 0 Å². The summed E-state index contributed by atoms with van der Waals surface area (Å²) in [6.07, 6.45) is 1.31. The van der Waals surface area contributed by atoms with Gasteiger partial charge in [0.15, 0.2) is 0 Å². The molecule has 1 unspecified atom stereocenters. The second-order valence-corrected chi connectivity index (χ2v) is 4.50. The van der Waals surface area contributed by atoms with Crippen LogP contribution in [0.5, 0.6) is 0 Å². The lowest BCUT2D eigenvalue weighted by atomic mass is 10.0. The van der Waals surface area contributed by atoms with E-state index in [0.717, 1.165) is 0 Å². The van der Waals surface area contributed by atoms with Crippen molar-refractivity contribution in [3.05, 3.63) is 40.9 Å². The smallest absolute Gasteiger partial charge is 0.327 e. The van der Waals surface area contributed by atoms with Crippen LogP contribution in [0.1, 0.15) is 19.9 Å². The number of para-hydroxylation sites is 1. The number of hydrogen-bond donors (Lipinski definition) is 1. The number of benzene rings is 1. The van der Waals surface area contributed by atoms with Crippen molar-refractivity contribution >= 4 is 16.9 Å². The Kier molecular flexibility index (Phi) is 3.14.